The van der Waals surface area contributed by atoms with E-state index in [0.29, 0.717) is 47.2 Å². The number of hydrogen-bond acceptors (Lipinski definition) is 12. The molecule has 0 saturated heterocycles. The molecule has 8 aromatic rings. The van der Waals surface area contributed by atoms with Crippen molar-refractivity contribution in [2.24, 2.45) is 0 Å². The summed E-state index contributed by atoms with van der Waals surface area (Å²) in [7, 11) is -18.1. The SMILES string of the molecule is CCCCCCCCCc1cc2ccccc2c(S(=O)(=O)[O-])c1CCCCCCCCC.CCCCCCCCCc1cc2ccccc2c(S(=O)(=O)[O-])c1CCCCCCCCC.CCCCCCCCCc1cc2ccccc2c(S(=O)(=O)[O-])c1CCCCCCCCC.CCCCCCCCCc1cc2ccccc2c(S(=O)(=O)[O-])c1CCCCCCCCC.[Ba+2].[Ca+2]. The van der Waals surface area contributed by atoms with E-state index in [2.05, 4.69) is 79.7 Å². The van der Waals surface area contributed by atoms with Gasteiger partial charge in [0.05, 0.1) is 19.6 Å². The van der Waals surface area contributed by atoms with Crippen LogP contribution in [-0.4, -0.2) is 139 Å². The maximum absolute atomic E-state index is 12.3. The van der Waals surface area contributed by atoms with Gasteiger partial charge in [-0.1, -0.05) is 485 Å². The number of aryl methyl sites for hydroxylation is 4. The third kappa shape index (κ3) is 47.8. The molecule has 0 aliphatic rings. The fourth-order valence-electron chi connectivity index (χ4n) is 18.9. The molecule has 8 rings (SSSR count). The van der Waals surface area contributed by atoms with Crippen LogP contribution in [0.1, 0.15) is 459 Å². The number of rotatable bonds is 68. The summed E-state index contributed by atoms with van der Waals surface area (Å²) >= 11 is 0. The Labute approximate surface area is 864 Å². The van der Waals surface area contributed by atoms with Gasteiger partial charge in [0.2, 0.25) is 0 Å². The maximum Gasteiger partial charge on any atom is 2.00 e. The number of benzene rings is 8. The van der Waals surface area contributed by atoms with Crippen LogP contribution in [0.15, 0.2) is 141 Å². The molecule has 0 atom stereocenters. The summed E-state index contributed by atoms with van der Waals surface area (Å²) in [6.07, 6.45) is 73.4. The average molecular weight is 2020 g/mol. The molecule has 130 heavy (non-hydrogen) atoms. The molecule has 0 aliphatic carbocycles. The molecule has 0 amide bonds. The van der Waals surface area contributed by atoms with Crippen LogP contribution in [0, 0.1) is 0 Å². The molecule has 0 aromatic heterocycles. The predicted octanol–water partition coefficient (Wildman–Crippen LogP) is 32.6. The Morgan fingerprint density at radius 1 is 0.185 bits per heavy atom. The van der Waals surface area contributed by atoms with Crippen LogP contribution < -0.4 is 0 Å². The molecule has 0 N–H and O–H groups in total. The molecule has 0 radical (unpaired) electrons. The van der Waals surface area contributed by atoms with Crippen LogP contribution >= 0.6 is 0 Å². The maximum atomic E-state index is 12.3. The molecule has 0 bridgehead atoms. The molecule has 12 nitrogen and oxygen atoms in total. The molecule has 0 unspecified atom stereocenters. The van der Waals surface area contributed by atoms with Crippen molar-refractivity contribution in [2.75, 3.05) is 0 Å². The Kier molecular flexibility index (Phi) is 67.8. The van der Waals surface area contributed by atoms with Crippen LogP contribution in [0.2, 0.25) is 0 Å². The Balaban J connectivity index is 0.000000444. The van der Waals surface area contributed by atoms with Gasteiger partial charge in [0.15, 0.2) is 0 Å². The molecular weight excluding hydrogens is 1840 g/mol. The molecule has 720 valence electrons. The summed E-state index contributed by atoms with van der Waals surface area (Å²) in [6, 6.07) is 38.3. The summed E-state index contributed by atoms with van der Waals surface area (Å²) in [4.78, 5) is 0.165. The second-order valence-corrected chi connectivity index (χ2v) is 42.3. The smallest absolute Gasteiger partial charge is 0.744 e. The second-order valence-electron chi connectivity index (χ2n) is 37.0. The van der Waals surface area contributed by atoms with Crippen molar-refractivity contribution in [2.45, 2.75) is 486 Å². The van der Waals surface area contributed by atoms with E-state index < -0.39 is 40.5 Å². The van der Waals surface area contributed by atoms with Crippen molar-refractivity contribution in [3.63, 3.8) is 0 Å². The molecule has 0 saturated carbocycles. The third-order valence-corrected chi connectivity index (χ3v) is 30.0. The van der Waals surface area contributed by atoms with Crippen molar-refractivity contribution in [3.05, 3.63) is 166 Å². The summed E-state index contributed by atoms with van der Waals surface area (Å²) < 4.78 is 148. The normalized spacial score (nSPS) is 11.8. The van der Waals surface area contributed by atoms with E-state index in [9.17, 15) is 51.9 Å². The van der Waals surface area contributed by atoms with Gasteiger partial charge in [0, 0.05) is 0 Å². The Bertz CT molecular complexity index is 4230. The largest absolute Gasteiger partial charge is 2.00 e. The van der Waals surface area contributed by atoms with Crippen molar-refractivity contribution in [3.8, 4) is 0 Å². The van der Waals surface area contributed by atoms with Gasteiger partial charge in [0.25, 0.3) is 0 Å². The fraction of sp³-hybridized carbons (Fsp3) is 0.643. The van der Waals surface area contributed by atoms with E-state index in [0.717, 1.165) is 194 Å². The minimum atomic E-state index is -4.53. The summed E-state index contributed by atoms with van der Waals surface area (Å²) in [5.74, 6) is 0. The van der Waals surface area contributed by atoms with Crippen molar-refractivity contribution in [1.82, 2.24) is 0 Å². The molecule has 8 aromatic carbocycles. The topological polar surface area (TPSA) is 229 Å². The minimum absolute atomic E-state index is 0. The molecule has 0 heterocycles. The van der Waals surface area contributed by atoms with E-state index in [4.69, 9.17) is 0 Å². The van der Waals surface area contributed by atoms with Crippen LogP contribution in [0.5, 0.6) is 0 Å². The first-order valence-electron chi connectivity index (χ1n) is 51.9. The van der Waals surface area contributed by atoms with E-state index in [1.54, 1.807) is 24.3 Å². The van der Waals surface area contributed by atoms with Crippen molar-refractivity contribution in [1.29, 1.82) is 0 Å². The zero-order chi connectivity index (χ0) is 92.9. The molecular formula is C112H172BaCaO12S4. The molecule has 18 heteroatoms. The zero-order valence-electron chi connectivity index (χ0n) is 82.7. The summed E-state index contributed by atoms with van der Waals surface area (Å²) in [5, 5.41) is 5.80. The van der Waals surface area contributed by atoms with Gasteiger partial charge in [-0.15, -0.1) is 0 Å². The monoisotopic (exact) mass is 2020 g/mol. The van der Waals surface area contributed by atoms with E-state index in [1.165, 1.54) is 257 Å². The molecule has 0 fully saturated rings. The average Bonchev–Trinajstić information content (AvgIpc) is 0.782. The first kappa shape index (κ1) is 121. The van der Waals surface area contributed by atoms with Crippen LogP contribution in [0.25, 0.3) is 43.1 Å². The van der Waals surface area contributed by atoms with Crippen molar-refractivity contribution >= 4 is 170 Å². The Hall–Kier alpha value is -2.73. The van der Waals surface area contributed by atoms with Gasteiger partial charge in [-0.05, 0) is 190 Å². The summed E-state index contributed by atoms with van der Waals surface area (Å²) in [5.41, 5.74) is 7.43. The van der Waals surface area contributed by atoms with Gasteiger partial charge < -0.3 is 18.2 Å². The van der Waals surface area contributed by atoms with Gasteiger partial charge in [-0.3, -0.25) is 0 Å². The van der Waals surface area contributed by atoms with Gasteiger partial charge in [0.1, 0.15) is 40.5 Å². The Morgan fingerprint density at radius 3 is 0.446 bits per heavy atom. The Morgan fingerprint density at radius 2 is 0.308 bits per heavy atom. The van der Waals surface area contributed by atoms with E-state index in [-0.39, 0.29) is 106 Å². The summed E-state index contributed by atoms with van der Waals surface area (Å²) in [6.45, 7) is 17.8. The van der Waals surface area contributed by atoms with Gasteiger partial charge in [-0.25, -0.2) is 33.7 Å². The first-order valence-corrected chi connectivity index (χ1v) is 57.6. The third-order valence-electron chi connectivity index (χ3n) is 26.1. The van der Waals surface area contributed by atoms with Crippen molar-refractivity contribution < 1.29 is 51.9 Å². The number of unbranched alkanes of at least 4 members (excludes halogenated alkanes) is 48. The number of fused-ring (bicyclic) bond motifs is 4. The quantitative estimate of drug-likeness (QED) is 0.0197. The van der Waals surface area contributed by atoms with Crippen LogP contribution in [0.3, 0.4) is 0 Å². The predicted molar refractivity (Wildman–Crippen MR) is 553 cm³/mol. The van der Waals surface area contributed by atoms with Gasteiger partial charge >= 0.3 is 86.6 Å². The number of hydrogen-bond donors (Lipinski definition) is 0. The van der Waals surface area contributed by atoms with Gasteiger partial charge in [-0.2, -0.15) is 0 Å². The fourth-order valence-corrected chi connectivity index (χ4v) is 22.9. The first-order chi connectivity index (χ1) is 61.9. The standard InChI is InChI=1S/4C28H44O3S.Ba.Ca/c4*1-3-5-7-9-11-13-15-19-24-23-25-20-17-18-22-27(25)28(32(29,30)31)26(24)21-16-14-12-10-8-6-4-2;;/h4*17-18,20,22-23H,3-16,19,21H2,1-2H3,(H,29,30,31);;/q;;;;2*+2/p-4. The van der Waals surface area contributed by atoms with E-state index in [1.807, 2.05) is 72.8 Å². The minimum Gasteiger partial charge on any atom is -0.744 e. The zero-order valence-corrected chi connectivity index (χ0v) is 92.7. The van der Waals surface area contributed by atoms with E-state index >= 15 is 0 Å². The second kappa shape index (κ2) is 72.5. The van der Waals surface area contributed by atoms with Crippen LogP contribution in [-0.2, 0) is 91.8 Å². The van der Waals surface area contributed by atoms with Crippen LogP contribution in [0.4, 0.5) is 0 Å². The molecule has 0 spiro atoms. The molecule has 0 aliphatic heterocycles.